The van der Waals surface area contributed by atoms with E-state index in [0.717, 1.165) is 17.8 Å². The minimum Gasteiger partial charge on any atom is -0.385 e. The van der Waals surface area contributed by atoms with Gasteiger partial charge in [-0.3, -0.25) is 10.1 Å². The van der Waals surface area contributed by atoms with E-state index in [1.165, 1.54) is 6.07 Å². The number of rotatable bonds is 7. The van der Waals surface area contributed by atoms with E-state index in [-0.39, 0.29) is 23.8 Å². The molecule has 1 aliphatic heterocycles. The second-order valence-corrected chi connectivity index (χ2v) is 17.2. The number of hydrogen-bond donors (Lipinski definition) is 2. The quantitative estimate of drug-likeness (QED) is 0.300. The lowest BCUT2D eigenvalue weighted by Crippen LogP contribution is -2.43. The molecule has 1 aromatic carbocycles. The van der Waals surface area contributed by atoms with E-state index < -0.39 is 30.3 Å². The molecule has 3 rings (SSSR count). The zero-order chi connectivity index (χ0) is 23.7. The van der Waals surface area contributed by atoms with Crippen molar-refractivity contribution < 1.29 is 23.5 Å². The molecule has 2 amide bonds. The van der Waals surface area contributed by atoms with Crippen molar-refractivity contribution in [2.45, 2.75) is 49.3 Å². The number of ether oxygens (including phenoxy) is 2. The zero-order valence-electron chi connectivity index (χ0n) is 18.9. The molecule has 1 aliphatic carbocycles. The van der Waals surface area contributed by atoms with Crippen LogP contribution >= 0.6 is 27.7 Å². The van der Waals surface area contributed by atoms with E-state index in [9.17, 15) is 14.0 Å². The third-order valence-electron chi connectivity index (χ3n) is 5.76. The van der Waals surface area contributed by atoms with Crippen LogP contribution < -0.4 is 10.6 Å². The Morgan fingerprint density at radius 3 is 2.75 bits per heavy atom. The van der Waals surface area contributed by atoms with Gasteiger partial charge in [0.05, 0.1) is 5.54 Å². The number of halogens is 2. The molecule has 176 valence electrons. The topological polar surface area (TPSA) is 89.0 Å². The van der Waals surface area contributed by atoms with E-state index in [1.54, 1.807) is 26.1 Å². The largest absolute Gasteiger partial charge is 0.416 e. The third kappa shape index (κ3) is 5.37. The first-order valence-electron chi connectivity index (χ1n) is 10.4. The fourth-order valence-electron chi connectivity index (χ4n) is 3.82. The Labute approximate surface area is 201 Å². The summed E-state index contributed by atoms with van der Waals surface area (Å²) in [5.41, 5.74) is -0.714. The number of nitrogens with one attached hydrogen (secondary N) is 2. The first-order valence-corrected chi connectivity index (χ1v) is 15.7. The minimum absolute atomic E-state index is 0.0159. The summed E-state index contributed by atoms with van der Waals surface area (Å²) in [5.74, 6) is -0.854. The van der Waals surface area contributed by atoms with E-state index in [0.29, 0.717) is 23.1 Å². The van der Waals surface area contributed by atoms with Gasteiger partial charge in [0.15, 0.2) is 0 Å². The highest BCUT2D eigenvalue weighted by atomic mass is 79.9. The predicted molar refractivity (Wildman–Crippen MR) is 130 cm³/mol. The molecule has 3 atom stereocenters. The van der Waals surface area contributed by atoms with Crippen LogP contribution in [0.5, 0.6) is 0 Å². The van der Waals surface area contributed by atoms with Gasteiger partial charge in [0.1, 0.15) is 17.3 Å². The van der Waals surface area contributed by atoms with Gasteiger partial charge in [-0.05, 0) is 49.3 Å². The van der Waals surface area contributed by atoms with Gasteiger partial charge in [0.2, 0.25) is 5.91 Å². The summed E-state index contributed by atoms with van der Waals surface area (Å²) in [4.78, 5) is 29.6. The molecule has 2 N–H and O–H groups in total. The molecule has 2 aliphatic rings. The number of alkyl carbamates (subject to hydrolysis) is 1. The molecule has 1 fully saturated rings. The number of aliphatic imine (C=N–C) groups is 1. The Morgan fingerprint density at radius 1 is 1.38 bits per heavy atom. The summed E-state index contributed by atoms with van der Waals surface area (Å²) in [6.07, 6.45) is -0.232. The lowest BCUT2D eigenvalue weighted by molar-refractivity contribution is -0.121. The highest BCUT2D eigenvalue weighted by molar-refractivity contribution is 9.10. The standard InChI is InChI=1S/C21H29BrFN3O4SSi/c1-20(14-10-13(22)6-7-15(14)23)16-11-21(16,17(27)24-2)31-19(26-20)30-18(28)25-12-29-8-9-32(3,4)5/h6-7,10,16H,8-9,11-12H2,1-5H3,(H,24,27)(H,25,28)/t16-,20+,21-/m0/s1. The average molecular weight is 547 g/mol. The molecule has 1 aromatic rings. The Balaban J connectivity index is 1.76. The van der Waals surface area contributed by atoms with E-state index >= 15 is 0 Å². The van der Waals surface area contributed by atoms with Crippen LogP contribution in [0.3, 0.4) is 0 Å². The molecule has 0 aromatic heterocycles. The number of benzene rings is 1. The molecule has 7 nitrogen and oxygen atoms in total. The van der Waals surface area contributed by atoms with Gasteiger partial charge in [0, 0.05) is 37.7 Å². The molecule has 32 heavy (non-hydrogen) atoms. The number of carbonyl (C=O) groups is 2. The molecule has 1 heterocycles. The Hall–Kier alpha value is -1.43. The number of nitrogens with zero attached hydrogens (tertiary/aromatic N) is 1. The van der Waals surface area contributed by atoms with Gasteiger partial charge < -0.3 is 14.8 Å². The van der Waals surface area contributed by atoms with Crippen LogP contribution in [-0.4, -0.2) is 50.4 Å². The highest BCUT2D eigenvalue weighted by Crippen LogP contribution is 2.66. The van der Waals surface area contributed by atoms with E-state index in [2.05, 4.69) is 51.2 Å². The van der Waals surface area contributed by atoms with Crippen molar-refractivity contribution in [2.75, 3.05) is 20.4 Å². The summed E-state index contributed by atoms with van der Waals surface area (Å²) in [7, 11) is 0.341. The van der Waals surface area contributed by atoms with E-state index in [1.807, 2.05) is 0 Å². The van der Waals surface area contributed by atoms with Gasteiger partial charge >= 0.3 is 6.09 Å². The normalized spacial score (nSPS) is 26.6. The summed E-state index contributed by atoms with van der Waals surface area (Å²) >= 11 is 4.49. The monoisotopic (exact) mass is 545 g/mol. The minimum atomic E-state index is -1.22. The second-order valence-electron chi connectivity index (χ2n) is 9.41. The summed E-state index contributed by atoms with van der Waals surface area (Å²) in [6, 6.07) is 5.61. The lowest BCUT2D eigenvalue weighted by atomic mass is 9.85. The van der Waals surface area contributed by atoms with Crippen molar-refractivity contribution in [3.05, 3.63) is 34.1 Å². The van der Waals surface area contributed by atoms with Crippen LogP contribution in [0.25, 0.3) is 0 Å². The third-order valence-corrected chi connectivity index (χ3v) is 9.31. The zero-order valence-corrected chi connectivity index (χ0v) is 22.3. The summed E-state index contributed by atoms with van der Waals surface area (Å²) in [6.45, 7) is 9.09. The van der Waals surface area contributed by atoms with Crippen LogP contribution in [0.1, 0.15) is 18.9 Å². The van der Waals surface area contributed by atoms with Crippen LogP contribution in [0.4, 0.5) is 9.18 Å². The first kappa shape index (κ1) is 25.2. The summed E-state index contributed by atoms with van der Waals surface area (Å²) < 4.78 is 25.5. The van der Waals surface area contributed by atoms with Crippen molar-refractivity contribution in [3.8, 4) is 0 Å². The maximum Gasteiger partial charge on any atom is 0.416 e. The van der Waals surface area contributed by atoms with Crippen molar-refractivity contribution in [1.29, 1.82) is 0 Å². The van der Waals surface area contributed by atoms with Gasteiger partial charge in [-0.1, -0.05) is 35.6 Å². The van der Waals surface area contributed by atoms with Crippen molar-refractivity contribution >= 4 is 53.0 Å². The molecule has 0 saturated heterocycles. The number of fused-ring (bicyclic) bond motifs is 1. The van der Waals surface area contributed by atoms with Gasteiger partial charge in [0.25, 0.3) is 5.23 Å². The number of carbonyl (C=O) groups excluding carboxylic acids is 2. The Morgan fingerprint density at radius 2 is 2.09 bits per heavy atom. The fourth-order valence-corrected chi connectivity index (χ4v) is 6.42. The van der Waals surface area contributed by atoms with Crippen LogP contribution in [-0.2, 0) is 19.8 Å². The molecular formula is C21H29BrFN3O4SSi. The van der Waals surface area contributed by atoms with E-state index in [4.69, 9.17) is 9.47 Å². The second kappa shape index (κ2) is 9.44. The fraction of sp³-hybridized carbons (Fsp3) is 0.571. The molecule has 0 unspecified atom stereocenters. The SMILES string of the molecule is CNC(=O)[C@]12C[C@H]1[C@@](C)(c1cc(Br)ccc1F)N=C(OC(=O)NCOCC[Si](C)(C)C)S2. The Kier molecular flexibility index (Phi) is 7.43. The van der Waals surface area contributed by atoms with Gasteiger partial charge in [-0.2, -0.15) is 0 Å². The molecule has 11 heteroatoms. The molecule has 0 bridgehead atoms. The molecule has 1 saturated carbocycles. The molecule has 0 radical (unpaired) electrons. The average Bonchev–Trinajstić information content (AvgIpc) is 3.45. The number of hydrogen-bond acceptors (Lipinski definition) is 6. The van der Waals surface area contributed by atoms with Crippen molar-refractivity contribution in [1.82, 2.24) is 10.6 Å². The van der Waals surface area contributed by atoms with Gasteiger partial charge in [-0.15, -0.1) is 0 Å². The smallest absolute Gasteiger partial charge is 0.385 e. The highest BCUT2D eigenvalue weighted by Gasteiger charge is 2.71. The first-order chi connectivity index (χ1) is 14.9. The maximum absolute atomic E-state index is 14.8. The molecule has 0 spiro atoms. The number of thioether (sulfide) groups is 1. The lowest BCUT2D eigenvalue weighted by Gasteiger charge is -2.33. The van der Waals surface area contributed by atoms with Crippen LogP contribution in [0.15, 0.2) is 27.7 Å². The predicted octanol–water partition coefficient (Wildman–Crippen LogP) is 4.45. The van der Waals surface area contributed by atoms with Gasteiger partial charge in [-0.25, -0.2) is 14.2 Å². The Bertz CT molecular complexity index is 944. The molecular weight excluding hydrogens is 517 g/mol. The number of amides is 2. The van der Waals surface area contributed by atoms with Crippen LogP contribution in [0.2, 0.25) is 25.7 Å². The van der Waals surface area contributed by atoms with Crippen molar-refractivity contribution in [3.63, 3.8) is 0 Å². The van der Waals surface area contributed by atoms with Crippen LogP contribution in [0, 0.1) is 11.7 Å². The summed E-state index contributed by atoms with van der Waals surface area (Å²) in [5, 5.41) is 5.25. The maximum atomic E-state index is 14.8. The van der Waals surface area contributed by atoms with Crippen molar-refractivity contribution in [2.24, 2.45) is 10.9 Å².